The van der Waals surface area contributed by atoms with Crippen molar-refractivity contribution in [2.75, 3.05) is 7.11 Å². The number of ether oxygens (including phenoxy) is 1. The first-order valence-corrected chi connectivity index (χ1v) is 14.0. The van der Waals surface area contributed by atoms with E-state index in [1.807, 2.05) is 12.1 Å². The topological polar surface area (TPSA) is 75.7 Å². The summed E-state index contributed by atoms with van der Waals surface area (Å²) in [5.74, 6) is -2.39. The van der Waals surface area contributed by atoms with Gasteiger partial charge in [-0.3, -0.25) is 24.6 Å². The van der Waals surface area contributed by atoms with Crippen LogP contribution in [0, 0.1) is 23.2 Å². The smallest absolute Gasteiger partial charge is 0.323 e. The molecule has 0 unspecified atom stereocenters. The van der Waals surface area contributed by atoms with E-state index in [2.05, 4.69) is 26.1 Å². The number of esters is 1. The lowest BCUT2D eigenvalue weighted by Gasteiger charge is -2.41. The van der Waals surface area contributed by atoms with Gasteiger partial charge >= 0.3 is 5.97 Å². The van der Waals surface area contributed by atoms with E-state index in [-0.39, 0.29) is 23.3 Å². The maximum Gasteiger partial charge on any atom is 0.323 e. The lowest BCUT2D eigenvalue weighted by Crippen LogP contribution is -2.53. The summed E-state index contributed by atoms with van der Waals surface area (Å²) in [6.07, 6.45) is 3.42. The minimum Gasteiger partial charge on any atom is -0.468 e. The van der Waals surface area contributed by atoms with Crippen LogP contribution in [0.1, 0.15) is 57.6 Å². The normalized spacial score (nSPS) is 28.9. The summed E-state index contributed by atoms with van der Waals surface area (Å²) in [7, 11) is 1.30. The van der Waals surface area contributed by atoms with Crippen molar-refractivity contribution in [1.29, 1.82) is 0 Å². The van der Waals surface area contributed by atoms with Crippen LogP contribution >= 0.6 is 23.2 Å². The van der Waals surface area contributed by atoms with Crippen LogP contribution < -0.4 is 5.32 Å². The third-order valence-electron chi connectivity index (χ3n) is 8.90. The molecule has 0 aromatic heterocycles. The molecule has 0 radical (unpaired) electrons. The summed E-state index contributed by atoms with van der Waals surface area (Å²) < 4.78 is 5.14. The molecule has 1 saturated carbocycles. The molecule has 1 N–H and O–H groups in total. The van der Waals surface area contributed by atoms with E-state index in [1.165, 1.54) is 12.0 Å². The number of hydrogen-bond donors (Lipinski definition) is 1. The zero-order valence-electron chi connectivity index (χ0n) is 22.2. The van der Waals surface area contributed by atoms with Crippen molar-refractivity contribution >= 4 is 41.0 Å². The van der Waals surface area contributed by atoms with Gasteiger partial charge in [0.15, 0.2) is 0 Å². The molecule has 2 aromatic rings. The molecule has 2 saturated heterocycles. The number of carbonyl (C=O) groups excluding carboxylic acids is 3. The highest BCUT2D eigenvalue weighted by Gasteiger charge is 2.68. The van der Waals surface area contributed by atoms with Gasteiger partial charge in [0.2, 0.25) is 11.8 Å². The van der Waals surface area contributed by atoms with Gasteiger partial charge in [-0.2, -0.15) is 0 Å². The van der Waals surface area contributed by atoms with E-state index in [4.69, 9.17) is 27.9 Å². The van der Waals surface area contributed by atoms with Crippen LogP contribution in [0.15, 0.2) is 48.5 Å². The van der Waals surface area contributed by atoms with E-state index >= 15 is 0 Å². The average molecular weight is 558 g/mol. The van der Waals surface area contributed by atoms with Crippen molar-refractivity contribution in [3.63, 3.8) is 0 Å². The summed E-state index contributed by atoms with van der Waals surface area (Å²) in [5.41, 5.74) is 0.347. The monoisotopic (exact) mass is 556 g/mol. The van der Waals surface area contributed by atoms with Crippen LogP contribution in [0.25, 0.3) is 0 Å². The van der Waals surface area contributed by atoms with Gasteiger partial charge in [-0.1, -0.05) is 68.2 Å². The summed E-state index contributed by atoms with van der Waals surface area (Å²) in [5, 5.41) is 4.36. The Morgan fingerprint density at radius 2 is 1.50 bits per heavy atom. The van der Waals surface area contributed by atoms with Crippen LogP contribution in [-0.4, -0.2) is 41.9 Å². The number of nitrogens with one attached hydrogen (secondary N) is 1. The molecular weight excluding hydrogens is 523 g/mol. The average Bonchev–Trinajstić information content (AvgIpc) is 3.37. The fourth-order valence-electron chi connectivity index (χ4n) is 6.98. The van der Waals surface area contributed by atoms with E-state index in [0.29, 0.717) is 27.1 Å². The van der Waals surface area contributed by atoms with E-state index < -0.39 is 29.4 Å². The zero-order chi connectivity index (χ0) is 27.4. The van der Waals surface area contributed by atoms with Gasteiger partial charge in [-0.05, 0) is 72.4 Å². The number of hydrogen-bond acceptors (Lipinski definition) is 5. The molecule has 3 atom stereocenters. The Balaban J connectivity index is 1.63. The Hall–Kier alpha value is -2.41. The van der Waals surface area contributed by atoms with Gasteiger partial charge in [0.25, 0.3) is 0 Å². The summed E-state index contributed by atoms with van der Waals surface area (Å²) >= 11 is 12.9. The number of fused-ring (bicyclic) bond motifs is 1. The molecule has 3 fully saturated rings. The largest absolute Gasteiger partial charge is 0.468 e. The third-order valence-corrected chi connectivity index (χ3v) is 9.37. The predicted molar refractivity (Wildman–Crippen MR) is 147 cm³/mol. The number of carbonyl (C=O) groups is 3. The van der Waals surface area contributed by atoms with Crippen LogP contribution in [-0.2, 0) is 24.7 Å². The summed E-state index contributed by atoms with van der Waals surface area (Å²) in [4.78, 5) is 43.1. The quantitative estimate of drug-likeness (QED) is 0.392. The number of rotatable bonds is 4. The van der Waals surface area contributed by atoms with Crippen LogP contribution in [0.4, 0.5) is 0 Å². The second-order valence-corrected chi connectivity index (χ2v) is 12.8. The van der Waals surface area contributed by atoms with Gasteiger partial charge in [0.1, 0.15) is 6.04 Å². The molecule has 2 aromatic carbocycles. The number of methoxy groups -OCH3 is 1. The number of benzene rings is 2. The Bertz CT molecular complexity index is 1220. The molecule has 6 nitrogen and oxygen atoms in total. The first kappa shape index (κ1) is 27.2. The van der Waals surface area contributed by atoms with Crippen molar-refractivity contribution in [1.82, 2.24) is 10.2 Å². The third kappa shape index (κ3) is 4.35. The number of likely N-dealkylation sites (tertiary alicyclic amines) is 1. The standard InChI is InChI=1S/C30H34Cl2N2O4/c1-29(2,3)17-11-13-22(14-12-17)34-26(35)23-24(27(34)36)30(33-25(23)28(37)38-4,18-7-5-9-20(31)15-18)19-8-6-10-21(32)16-19/h5-10,15-17,22-25,33H,11-14H2,1-4H3/t17?,22?,23-,24+,25-/m1/s1. The minimum atomic E-state index is -1.20. The van der Waals surface area contributed by atoms with Crippen molar-refractivity contribution in [2.24, 2.45) is 23.2 Å². The minimum absolute atomic E-state index is 0.175. The van der Waals surface area contributed by atoms with Crippen molar-refractivity contribution < 1.29 is 19.1 Å². The van der Waals surface area contributed by atoms with Gasteiger partial charge in [-0.15, -0.1) is 0 Å². The van der Waals surface area contributed by atoms with Crippen molar-refractivity contribution in [3.05, 3.63) is 69.7 Å². The van der Waals surface area contributed by atoms with E-state index in [9.17, 15) is 14.4 Å². The summed E-state index contributed by atoms with van der Waals surface area (Å²) in [6, 6.07) is 13.2. The molecule has 38 heavy (non-hydrogen) atoms. The maximum atomic E-state index is 14.4. The van der Waals surface area contributed by atoms with Crippen LogP contribution in [0.2, 0.25) is 10.0 Å². The molecule has 3 aliphatic rings. The van der Waals surface area contributed by atoms with Crippen LogP contribution in [0.3, 0.4) is 0 Å². The highest BCUT2D eigenvalue weighted by Crippen LogP contribution is 2.53. The Morgan fingerprint density at radius 1 is 0.947 bits per heavy atom. The number of imide groups is 1. The maximum absolute atomic E-state index is 14.4. The fraction of sp³-hybridized carbons (Fsp3) is 0.500. The van der Waals surface area contributed by atoms with E-state index in [0.717, 1.165) is 25.7 Å². The molecule has 1 aliphatic carbocycles. The molecule has 8 heteroatoms. The Morgan fingerprint density at radius 3 is 1.97 bits per heavy atom. The summed E-state index contributed by atoms with van der Waals surface area (Å²) in [6.45, 7) is 6.72. The Kier molecular flexibility index (Phi) is 7.12. The zero-order valence-corrected chi connectivity index (χ0v) is 23.7. The first-order chi connectivity index (χ1) is 18.0. The molecule has 2 heterocycles. The van der Waals surface area contributed by atoms with Crippen molar-refractivity contribution in [3.8, 4) is 0 Å². The van der Waals surface area contributed by atoms with E-state index in [1.54, 1.807) is 36.4 Å². The lowest BCUT2D eigenvalue weighted by atomic mass is 9.71. The molecule has 202 valence electrons. The lowest BCUT2D eigenvalue weighted by molar-refractivity contribution is -0.150. The SMILES string of the molecule is COC(=O)[C@@H]1NC(c2cccc(Cl)c2)(c2cccc(Cl)c2)[C@@H]2C(=O)N(C3CCC(C(C)(C)C)CC3)C(=O)[C@H]21. The molecule has 0 spiro atoms. The number of amides is 2. The van der Waals surface area contributed by atoms with Gasteiger partial charge in [0, 0.05) is 16.1 Å². The molecule has 2 aliphatic heterocycles. The van der Waals surface area contributed by atoms with Crippen molar-refractivity contribution in [2.45, 2.75) is 64.1 Å². The Labute approximate surface area is 234 Å². The highest BCUT2D eigenvalue weighted by molar-refractivity contribution is 6.31. The fourth-order valence-corrected chi connectivity index (χ4v) is 7.36. The van der Waals surface area contributed by atoms with Gasteiger partial charge < -0.3 is 4.74 Å². The predicted octanol–water partition coefficient (Wildman–Crippen LogP) is 5.59. The van der Waals surface area contributed by atoms with Crippen LogP contribution in [0.5, 0.6) is 0 Å². The molecular formula is C30H34Cl2N2O4. The van der Waals surface area contributed by atoms with Gasteiger partial charge in [-0.25, -0.2) is 0 Å². The second-order valence-electron chi connectivity index (χ2n) is 11.9. The molecule has 5 rings (SSSR count). The number of halogens is 2. The second kappa shape index (κ2) is 9.96. The molecule has 0 bridgehead atoms. The first-order valence-electron chi connectivity index (χ1n) is 13.2. The highest BCUT2D eigenvalue weighted by atomic mass is 35.5. The molecule has 2 amide bonds. The number of nitrogens with zero attached hydrogens (tertiary/aromatic N) is 1. The van der Waals surface area contributed by atoms with Gasteiger partial charge in [0.05, 0.1) is 24.5 Å².